The zero-order valence-corrected chi connectivity index (χ0v) is 28.1. The molecule has 5 N–H and O–H groups in total. The third-order valence-corrected chi connectivity index (χ3v) is 8.47. The highest BCUT2D eigenvalue weighted by atomic mass is 16.5. The summed E-state index contributed by atoms with van der Waals surface area (Å²) in [6.07, 6.45) is 4.51. The summed E-state index contributed by atoms with van der Waals surface area (Å²) in [5.41, 5.74) is 15.2. The van der Waals surface area contributed by atoms with Crippen LogP contribution in [-0.2, 0) is 19.6 Å². The van der Waals surface area contributed by atoms with Gasteiger partial charge in [0.15, 0.2) is 0 Å². The first-order valence-corrected chi connectivity index (χ1v) is 15.8. The van der Waals surface area contributed by atoms with Crippen LogP contribution in [0.5, 0.6) is 11.5 Å². The Morgan fingerprint density at radius 1 is 0.939 bits per heavy atom. The Balaban J connectivity index is 1.47. The molecule has 3 aromatic heterocycles. The molecule has 2 aromatic carbocycles. The van der Waals surface area contributed by atoms with Gasteiger partial charge in [0.1, 0.15) is 28.2 Å². The van der Waals surface area contributed by atoms with Crippen LogP contribution in [0.1, 0.15) is 50.2 Å². The summed E-state index contributed by atoms with van der Waals surface area (Å²) in [5, 5.41) is 11.3. The van der Waals surface area contributed by atoms with Crippen LogP contribution in [0.25, 0.3) is 22.1 Å². The van der Waals surface area contributed by atoms with E-state index < -0.39 is 11.8 Å². The molecule has 0 bridgehead atoms. The number of imidazole rings is 2. The van der Waals surface area contributed by atoms with Crippen LogP contribution in [0.3, 0.4) is 0 Å². The van der Waals surface area contributed by atoms with Crippen molar-refractivity contribution >= 4 is 51.7 Å². The number of ether oxygens (including phenoxy) is 2. The maximum absolute atomic E-state index is 13.5. The molecule has 0 saturated carbocycles. The summed E-state index contributed by atoms with van der Waals surface area (Å²) in [7, 11) is 5.37. The first kappa shape index (κ1) is 33.0. The van der Waals surface area contributed by atoms with Crippen molar-refractivity contribution < 1.29 is 23.9 Å². The molecule has 0 atom stereocenters. The van der Waals surface area contributed by atoms with Crippen molar-refractivity contribution in [3.05, 3.63) is 65.0 Å². The molecule has 16 heteroatoms. The summed E-state index contributed by atoms with van der Waals surface area (Å²) in [5.74, 6) is 0.174. The highest BCUT2D eigenvalue weighted by molar-refractivity contribution is 6.04. The Morgan fingerprint density at radius 3 is 2.29 bits per heavy atom. The lowest BCUT2D eigenvalue weighted by atomic mass is 10.1. The van der Waals surface area contributed by atoms with Gasteiger partial charge in [0, 0.05) is 51.4 Å². The molecular weight excluding hydrogens is 630 g/mol. The number of allylic oxidation sites excluding steroid dienone is 2. The first-order chi connectivity index (χ1) is 23.5. The SMILES string of the molecule is CCn1nc(C)cc1C(=O)Nc1nc2cc(C(N)=O)cc3c2n1C/C=C/Cn1c(nc2cc(C(N)=O)cc(OC)c21)N(C)N(C)CCCO3. The van der Waals surface area contributed by atoms with Crippen LogP contribution in [-0.4, -0.2) is 86.0 Å². The largest absolute Gasteiger partial charge is 0.494 e. The number of fused-ring (bicyclic) bond motifs is 3. The molecule has 1 aliphatic heterocycles. The minimum atomic E-state index is -0.624. The molecule has 0 radical (unpaired) electrons. The second-order valence-corrected chi connectivity index (χ2v) is 11.7. The predicted molar refractivity (Wildman–Crippen MR) is 184 cm³/mol. The van der Waals surface area contributed by atoms with Gasteiger partial charge in [0.2, 0.25) is 23.7 Å². The summed E-state index contributed by atoms with van der Waals surface area (Å²) in [6, 6.07) is 8.18. The van der Waals surface area contributed by atoms with Crippen molar-refractivity contribution in [2.75, 3.05) is 44.7 Å². The van der Waals surface area contributed by atoms with Crippen molar-refractivity contribution in [1.82, 2.24) is 33.9 Å². The van der Waals surface area contributed by atoms with Crippen molar-refractivity contribution in [1.29, 1.82) is 0 Å². The van der Waals surface area contributed by atoms with Crippen molar-refractivity contribution in [2.45, 2.75) is 39.9 Å². The lowest BCUT2D eigenvalue weighted by Crippen LogP contribution is -2.39. The van der Waals surface area contributed by atoms with Crippen LogP contribution < -0.4 is 31.3 Å². The lowest BCUT2D eigenvalue weighted by molar-refractivity contribution is 0.0991. The highest BCUT2D eigenvalue weighted by Crippen LogP contribution is 2.34. The molecule has 16 nitrogen and oxygen atoms in total. The van der Waals surface area contributed by atoms with E-state index in [0.717, 1.165) is 0 Å². The number of anilines is 2. The molecule has 4 heterocycles. The molecular formula is C33H39N11O5. The zero-order valence-electron chi connectivity index (χ0n) is 28.1. The molecule has 0 spiro atoms. The minimum absolute atomic E-state index is 0.237. The van der Waals surface area contributed by atoms with E-state index in [4.69, 9.17) is 30.9 Å². The third kappa shape index (κ3) is 6.25. The number of nitrogens with one attached hydrogen (secondary N) is 1. The summed E-state index contributed by atoms with van der Waals surface area (Å²) in [6.45, 7) is 5.81. The molecule has 0 unspecified atom stereocenters. The number of nitrogens with zero attached hydrogens (tertiary/aromatic N) is 8. The average Bonchev–Trinajstić information content (AvgIpc) is 3.75. The first-order valence-electron chi connectivity index (χ1n) is 15.8. The molecule has 0 fully saturated rings. The number of rotatable bonds is 6. The Hall–Kier alpha value is -5.90. The second kappa shape index (κ2) is 13.3. The normalized spacial score (nSPS) is 14.9. The van der Waals surface area contributed by atoms with Crippen molar-refractivity contribution in [3.8, 4) is 11.5 Å². The van der Waals surface area contributed by atoms with Gasteiger partial charge in [0.05, 0.1) is 30.4 Å². The van der Waals surface area contributed by atoms with E-state index in [9.17, 15) is 14.4 Å². The maximum Gasteiger partial charge on any atom is 0.276 e. The number of hydrazine groups is 1. The summed E-state index contributed by atoms with van der Waals surface area (Å²) in [4.78, 5) is 47.5. The van der Waals surface area contributed by atoms with Gasteiger partial charge in [-0.05, 0) is 50.6 Å². The van der Waals surface area contributed by atoms with Crippen LogP contribution in [0.2, 0.25) is 0 Å². The fraction of sp³-hybridized carbons (Fsp3) is 0.333. The van der Waals surface area contributed by atoms with Crippen LogP contribution in [0.4, 0.5) is 11.9 Å². The molecule has 6 rings (SSSR count). The smallest absolute Gasteiger partial charge is 0.276 e. The van der Waals surface area contributed by atoms with E-state index in [1.165, 1.54) is 7.11 Å². The number of hydrogen-bond acceptors (Lipinski definition) is 10. The maximum atomic E-state index is 13.5. The zero-order chi connectivity index (χ0) is 35.0. The number of aryl methyl sites for hydroxylation is 2. The Morgan fingerprint density at radius 2 is 1.61 bits per heavy atom. The predicted octanol–water partition coefficient (Wildman–Crippen LogP) is 2.69. The van der Waals surface area contributed by atoms with E-state index in [0.29, 0.717) is 89.1 Å². The minimum Gasteiger partial charge on any atom is -0.494 e. The summed E-state index contributed by atoms with van der Waals surface area (Å²) >= 11 is 0. The van der Waals surface area contributed by atoms with E-state index in [-0.39, 0.29) is 24.0 Å². The number of methoxy groups -OCH3 is 1. The van der Waals surface area contributed by atoms with E-state index in [1.54, 1.807) is 35.0 Å². The van der Waals surface area contributed by atoms with E-state index in [2.05, 4.69) is 10.4 Å². The number of primary amides is 2. The number of carbonyl (C=O) groups is 3. The molecule has 49 heavy (non-hydrogen) atoms. The molecule has 3 amide bonds. The highest BCUT2D eigenvalue weighted by Gasteiger charge is 2.24. The van der Waals surface area contributed by atoms with Crippen LogP contribution in [0.15, 0.2) is 42.5 Å². The molecule has 0 saturated heterocycles. The van der Waals surface area contributed by atoms with Gasteiger partial charge in [-0.15, -0.1) is 0 Å². The van der Waals surface area contributed by atoms with Gasteiger partial charge in [0.25, 0.3) is 5.91 Å². The molecule has 256 valence electrons. The van der Waals surface area contributed by atoms with Gasteiger partial charge in [-0.1, -0.05) is 12.2 Å². The van der Waals surface area contributed by atoms with Gasteiger partial charge in [-0.2, -0.15) is 5.10 Å². The number of amides is 3. The quantitative estimate of drug-likeness (QED) is 0.226. The standard InChI is InChI=1S/C33H39N11O5/c1-6-44-24(14-19(2)39-44)31(47)38-32-36-22-15-21(30(35)46)18-26-28(22)42(32)11-7-8-12-43-27-23(16-20(29(34)45)17-25(27)48-5)37-33(43)41(4)40(3)10-9-13-49-26/h7-8,14-18H,6,9-13H2,1-5H3,(H2,34,45)(H2,35,46)(H,36,38,47)/b8-7+. The van der Waals surface area contributed by atoms with Crippen LogP contribution >= 0.6 is 0 Å². The number of aromatic nitrogens is 6. The van der Waals surface area contributed by atoms with Gasteiger partial charge < -0.3 is 30.1 Å². The number of nitrogens with two attached hydrogens (primary N) is 2. The molecule has 5 aromatic rings. The average molecular weight is 670 g/mol. The van der Waals surface area contributed by atoms with E-state index >= 15 is 0 Å². The molecule has 1 aliphatic rings. The van der Waals surface area contributed by atoms with Gasteiger partial charge in [-0.25, -0.2) is 15.0 Å². The number of hydrogen-bond donors (Lipinski definition) is 3. The van der Waals surface area contributed by atoms with Gasteiger partial charge >= 0.3 is 0 Å². The monoisotopic (exact) mass is 669 g/mol. The third-order valence-electron chi connectivity index (χ3n) is 8.47. The number of carbonyl (C=O) groups excluding carboxylic acids is 3. The Labute approximate surface area is 281 Å². The number of benzene rings is 2. The fourth-order valence-corrected chi connectivity index (χ4v) is 5.96. The van der Waals surface area contributed by atoms with Gasteiger partial charge in [-0.3, -0.25) is 29.4 Å². The topological polar surface area (TPSA) is 194 Å². The Bertz CT molecular complexity index is 2130. The fourth-order valence-electron chi connectivity index (χ4n) is 5.96. The van der Waals surface area contributed by atoms with Crippen molar-refractivity contribution in [3.63, 3.8) is 0 Å². The summed E-state index contributed by atoms with van der Waals surface area (Å²) < 4.78 is 17.4. The molecule has 0 aliphatic carbocycles. The van der Waals surface area contributed by atoms with Crippen LogP contribution in [0, 0.1) is 6.92 Å². The van der Waals surface area contributed by atoms with E-state index in [1.807, 2.05) is 59.2 Å². The van der Waals surface area contributed by atoms with Crippen molar-refractivity contribution in [2.24, 2.45) is 11.5 Å². The lowest BCUT2D eigenvalue weighted by Gasteiger charge is -2.29. The second-order valence-electron chi connectivity index (χ2n) is 11.7. The Kier molecular flexibility index (Phi) is 8.97.